The predicted molar refractivity (Wildman–Crippen MR) is 129 cm³/mol. The zero-order valence-electron chi connectivity index (χ0n) is 17.9. The van der Waals surface area contributed by atoms with Crippen molar-refractivity contribution in [1.82, 2.24) is 25.0 Å². The molecule has 1 unspecified atom stereocenters. The van der Waals surface area contributed by atoms with Gasteiger partial charge in [-0.05, 0) is 43.9 Å². The Morgan fingerprint density at radius 3 is 2.40 bits per heavy atom. The predicted octanol–water partition coefficient (Wildman–Crippen LogP) is 1.33. The Kier molecular flexibility index (Phi) is 10.8. The van der Waals surface area contributed by atoms with E-state index in [0.29, 0.717) is 13.1 Å². The summed E-state index contributed by atoms with van der Waals surface area (Å²) in [6, 6.07) is 3.62. The Labute approximate surface area is 196 Å². The fraction of sp³-hybridized carbons (Fsp3) is 0.667. The van der Waals surface area contributed by atoms with Gasteiger partial charge in [-0.1, -0.05) is 0 Å². The highest BCUT2D eigenvalue weighted by Crippen LogP contribution is 2.13. The topological polar surface area (TPSA) is 84.3 Å². The van der Waals surface area contributed by atoms with Crippen LogP contribution in [0.3, 0.4) is 0 Å². The second kappa shape index (κ2) is 13.1. The summed E-state index contributed by atoms with van der Waals surface area (Å²) in [6.45, 7) is 8.80. The quantitative estimate of drug-likeness (QED) is 0.328. The van der Waals surface area contributed by atoms with E-state index >= 15 is 0 Å². The second-order valence-corrected chi connectivity index (χ2v) is 7.70. The van der Waals surface area contributed by atoms with Gasteiger partial charge >= 0.3 is 0 Å². The number of hydrogen-bond acceptors (Lipinski definition) is 5. The highest BCUT2D eigenvalue weighted by molar-refractivity contribution is 14.0. The van der Waals surface area contributed by atoms with Crippen molar-refractivity contribution in [3.05, 3.63) is 30.1 Å². The highest BCUT2D eigenvalue weighted by Gasteiger charge is 2.24. The molecule has 0 aromatic carbocycles. The summed E-state index contributed by atoms with van der Waals surface area (Å²) in [5.74, 6) is 1.09. The van der Waals surface area contributed by atoms with Gasteiger partial charge in [-0.3, -0.25) is 19.7 Å². The molecule has 168 valence electrons. The largest absolute Gasteiger partial charge is 0.386 e. The average molecular weight is 530 g/mol. The Balaban J connectivity index is 0.00000320. The molecular formula is C21H35IN6O2. The first-order valence-corrected chi connectivity index (χ1v) is 10.8. The van der Waals surface area contributed by atoms with Crippen molar-refractivity contribution in [2.45, 2.75) is 32.3 Å². The minimum atomic E-state index is -0.643. The molecule has 2 aliphatic rings. The van der Waals surface area contributed by atoms with Crippen LogP contribution in [-0.4, -0.2) is 95.6 Å². The van der Waals surface area contributed by atoms with E-state index in [1.54, 1.807) is 12.4 Å². The number of halogens is 1. The van der Waals surface area contributed by atoms with Crippen LogP contribution in [0, 0.1) is 0 Å². The van der Waals surface area contributed by atoms with Crippen LogP contribution in [0.1, 0.15) is 37.9 Å². The number of piperazine rings is 1. The van der Waals surface area contributed by atoms with Crippen LogP contribution in [0.2, 0.25) is 0 Å². The zero-order valence-corrected chi connectivity index (χ0v) is 20.2. The van der Waals surface area contributed by atoms with Crippen LogP contribution in [-0.2, 0) is 4.79 Å². The molecule has 1 aromatic rings. The van der Waals surface area contributed by atoms with E-state index in [9.17, 15) is 9.90 Å². The van der Waals surface area contributed by atoms with E-state index in [1.165, 1.54) is 6.42 Å². The summed E-state index contributed by atoms with van der Waals surface area (Å²) < 4.78 is 0. The molecule has 1 amide bonds. The van der Waals surface area contributed by atoms with Crippen LogP contribution >= 0.6 is 24.0 Å². The normalized spacial score (nSPS) is 19.2. The smallest absolute Gasteiger partial charge is 0.236 e. The summed E-state index contributed by atoms with van der Waals surface area (Å²) >= 11 is 0. The van der Waals surface area contributed by atoms with Crippen LogP contribution in [0.15, 0.2) is 29.5 Å². The molecule has 30 heavy (non-hydrogen) atoms. The van der Waals surface area contributed by atoms with Gasteiger partial charge in [0.05, 0.1) is 19.2 Å². The maximum atomic E-state index is 12.5. The number of likely N-dealkylation sites (tertiary alicyclic amines) is 1. The third-order valence-electron chi connectivity index (χ3n) is 5.58. The molecule has 3 rings (SSSR count). The molecule has 1 aromatic heterocycles. The first-order chi connectivity index (χ1) is 14.2. The lowest BCUT2D eigenvalue weighted by Gasteiger charge is -2.37. The number of nitrogens with one attached hydrogen (secondary N) is 1. The molecule has 2 N–H and O–H groups in total. The number of aromatic nitrogens is 1. The molecule has 0 bridgehead atoms. The Morgan fingerprint density at radius 2 is 1.77 bits per heavy atom. The van der Waals surface area contributed by atoms with E-state index in [2.05, 4.69) is 25.1 Å². The maximum Gasteiger partial charge on any atom is 0.236 e. The monoisotopic (exact) mass is 530 g/mol. The van der Waals surface area contributed by atoms with Crippen molar-refractivity contribution >= 4 is 35.8 Å². The first-order valence-electron chi connectivity index (χ1n) is 10.8. The van der Waals surface area contributed by atoms with Crippen LogP contribution < -0.4 is 5.32 Å². The molecule has 3 heterocycles. The van der Waals surface area contributed by atoms with E-state index in [1.807, 2.05) is 24.0 Å². The summed E-state index contributed by atoms with van der Waals surface area (Å²) in [4.78, 5) is 27.6. The molecule has 0 saturated carbocycles. The van der Waals surface area contributed by atoms with E-state index in [0.717, 1.165) is 70.2 Å². The maximum absolute atomic E-state index is 12.5. The number of pyridine rings is 1. The van der Waals surface area contributed by atoms with Crippen molar-refractivity contribution in [1.29, 1.82) is 0 Å². The number of rotatable bonds is 6. The Morgan fingerprint density at radius 1 is 1.10 bits per heavy atom. The van der Waals surface area contributed by atoms with Crippen LogP contribution in [0.4, 0.5) is 0 Å². The van der Waals surface area contributed by atoms with Crippen molar-refractivity contribution in [3.8, 4) is 0 Å². The van der Waals surface area contributed by atoms with Gasteiger partial charge in [0.1, 0.15) is 0 Å². The van der Waals surface area contributed by atoms with Gasteiger partial charge in [-0.15, -0.1) is 24.0 Å². The second-order valence-electron chi connectivity index (χ2n) is 7.70. The van der Waals surface area contributed by atoms with E-state index in [-0.39, 0.29) is 29.9 Å². The summed E-state index contributed by atoms with van der Waals surface area (Å²) in [5.41, 5.74) is 0.820. The lowest BCUT2D eigenvalue weighted by molar-refractivity contribution is -0.133. The summed E-state index contributed by atoms with van der Waals surface area (Å²) in [6.07, 6.45) is 6.22. The number of guanidine groups is 1. The molecule has 9 heteroatoms. The van der Waals surface area contributed by atoms with Gasteiger partial charge in [0.2, 0.25) is 5.91 Å². The Hall–Kier alpha value is -1.46. The number of aliphatic imine (C=N–C) groups is 1. The first kappa shape index (κ1) is 24.8. The summed E-state index contributed by atoms with van der Waals surface area (Å²) in [7, 11) is 0. The van der Waals surface area contributed by atoms with Crippen molar-refractivity contribution in [2.75, 3.05) is 58.9 Å². The SMILES string of the molecule is CCNC(=NCC(O)c1ccncc1)N1CCN(CC(=O)N2CCCCC2)CC1.I. The van der Waals surface area contributed by atoms with E-state index < -0.39 is 6.10 Å². The molecule has 2 fully saturated rings. The zero-order chi connectivity index (χ0) is 20.5. The molecule has 2 aliphatic heterocycles. The number of hydrogen-bond donors (Lipinski definition) is 2. The van der Waals surface area contributed by atoms with E-state index in [4.69, 9.17) is 0 Å². The molecule has 2 saturated heterocycles. The molecule has 1 atom stereocenters. The molecule has 0 radical (unpaired) electrons. The van der Waals surface area contributed by atoms with Gasteiger partial charge < -0.3 is 20.2 Å². The van der Waals surface area contributed by atoms with Gasteiger partial charge in [0.25, 0.3) is 0 Å². The number of piperidine rings is 1. The molecular weight excluding hydrogens is 495 g/mol. The molecule has 8 nitrogen and oxygen atoms in total. The third kappa shape index (κ3) is 7.35. The lowest BCUT2D eigenvalue weighted by atomic mass is 10.1. The Bertz CT molecular complexity index is 661. The van der Waals surface area contributed by atoms with Crippen LogP contribution in [0.5, 0.6) is 0 Å². The number of carbonyl (C=O) groups excluding carboxylic acids is 1. The molecule has 0 spiro atoms. The van der Waals surface area contributed by atoms with Crippen molar-refractivity contribution < 1.29 is 9.90 Å². The molecule has 0 aliphatic carbocycles. The number of aliphatic hydroxyl groups excluding tert-OH is 1. The number of amides is 1. The highest BCUT2D eigenvalue weighted by atomic mass is 127. The van der Waals surface area contributed by atoms with Crippen LogP contribution in [0.25, 0.3) is 0 Å². The third-order valence-corrected chi connectivity index (χ3v) is 5.58. The minimum absolute atomic E-state index is 0. The van der Waals surface area contributed by atoms with Crippen molar-refractivity contribution in [2.24, 2.45) is 4.99 Å². The minimum Gasteiger partial charge on any atom is -0.386 e. The van der Waals surface area contributed by atoms with Gasteiger partial charge in [0.15, 0.2) is 5.96 Å². The average Bonchev–Trinajstić information content (AvgIpc) is 2.78. The van der Waals surface area contributed by atoms with Gasteiger partial charge in [-0.25, -0.2) is 0 Å². The number of aliphatic hydroxyl groups is 1. The standard InChI is InChI=1S/C21H34N6O2.HI/c1-2-23-21(24-16-19(28)18-6-8-22-9-7-18)27-14-12-25(13-15-27)17-20(29)26-10-4-3-5-11-26;/h6-9,19,28H,2-5,10-17H2,1H3,(H,23,24);1H. The lowest BCUT2D eigenvalue weighted by Crippen LogP contribution is -2.54. The van der Waals surface area contributed by atoms with Crippen molar-refractivity contribution in [3.63, 3.8) is 0 Å². The fourth-order valence-electron chi connectivity index (χ4n) is 3.84. The fourth-order valence-corrected chi connectivity index (χ4v) is 3.84. The summed E-state index contributed by atoms with van der Waals surface area (Å²) in [5, 5.41) is 13.7. The number of nitrogens with zero attached hydrogens (tertiary/aromatic N) is 5. The van der Waals surface area contributed by atoms with Gasteiger partial charge in [0, 0.05) is 58.2 Å². The number of carbonyl (C=O) groups is 1. The van der Waals surface area contributed by atoms with Gasteiger partial charge in [-0.2, -0.15) is 0 Å².